The number of rotatable bonds is 4. The molecule has 3 heteroatoms. The molecule has 0 amide bonds. The molecule has 0 bridgehead atoms. The number of likely N-dealkylation sites (tertiary alicyclic amines) is 1. The van der Waals surface area contributed by atoms with Gasteiger partial charge < -0.3 is 5.73 Å². The van der Waals surface area contributed by atoms with Gasteiger partial charge in [-0.05, 0) is 43.4 Å². The van der Waals surface area contributed by atoms with E-state index in [1.807, 2.05) is 0 Å². The number of hydrogen-bond donors (Lipinski definition) is 1. The second-order valence-electron chi connectivity index (χ2n) is 5.29. The fraction of sp³-hybridized carbons (Fsp3) is 0.600. The molecule has 2 atom stereocenters. The van der Waals surface area contributed by atoms with Crippen molar-refractivity contribution in [3.8, 4) is 0 Å². The molecule has 1 aromatic rings. The van der Waals surface area contributed by atoms with Crippen molar-refractivity contribution in [2.75, 3.05) is 0 Å². The van der Waals surface area contributed by atoms with Crippen LogP contribution in [0.2, 0.25) is 0 Å². The Kier molecular flexibility index (Phi) is 4.82. The van der Waals surface area contributed by atoms with Gasteiger partial charge in [-0.1, -0.05) is 35.0 Å². The molecule has 1 saturated heterocycles. The lowest BCUT2D eigenvalue weighted by Gasteiger charge is -2.28. The van der Waals surface area contributed by atoms with Crippen molar-refractivity contribution in [2.24, 2.45) is 5.73 Å². The minimum absolute atomic E-state index is 0.608. The van der Waals surface area contributed by atoms with Crippen LogP contribution in [-0.2, 0) is 13.1 Å². The van der Waals surface area contributed by atoms with Gasteiger partial charge in [-0.3, -0.25) is 4.90 Å². The Bertz CT molecular complexity index is 405. The Hall–Kier alpha value is -0.380. The molecule has 0 aromatic heterocycles. The molecule has 0 saturated carbocycles. The summed E-state index contributed by atoms with van der Waals surface area (Å²) in [5.74, 6) is 0. The minimum Gasteiger partial charge on any atom is -0.326 e. The molecule has 2 unspecified atom stereocenters. The van der Waals surface area contributed by atoms with E-state index in [9.17, 15) is 0 Å². The number of halogens is 1. The van der Waals surface area contributed by atoms with Crippen LogP contribution < -0.4 is 5.73 Å². The molecule has 100 valence electrons. The van der Waals surface area contributed by atoms with Crippen molar-refractivity contribution in [3.63, 3.8) is 0 Å². The van der Waals surface area contributed by atoms with Crippen molar-refractivity contribution in [3.05, 3.63) is 33.8 Å². The first-order chi connectivity index (χ1) is 8.65. The van der Waals surface area contributed by atoms with Crippen LogP contribution in [-0.4, -0.2) is 17.0 Å². The molecule has 2 rings (SSSR count). The van der Waals surface area contributed by atoms with E-state index in [-0.39, 0.29) is 0 Å². The van der Waals surface area contributed by atoms with Crippen LogP contribution in [0.1, 0.15) is 44.2 Å². The largest absolute Gasteiger partial charge is 0.326 e. The van der Waals surface area contributed by atoms with Gasteiger partial charge in [0.1, 0.15) is 0 Å². The zero-order valence-corrected chi connectivity index (χ0v) is 12.9. The second-order valence-corrected chi connectivity index (χ2v) is 6.14. The predicted octanol–water partition coefficient (Wildman–Crippen LogP) is 3.67. The lowest BCUT2D eigenvalue weighted by Crippen LogP contribution is -2.33. The summed E-state index contributed by atoms with van der Waals surface area (Å²) in [6.45, 7) is 6.29. The smallest absolute Gasteiger partial charge is 0.0250 e. The van der Waals surface area contributed by atoms with Crippen LogP contribution in [0, 0.1) is 0 Å². The Labute approximate surface area is 119 Å². The lowest BCUT2D eigenvalue weighted by molar-refractivity contribution is 0.189. The van der Waals surface area contributed by atoms with E-state index in [1.165, 1.54) is 34.9 Å². The van der Waals surface area contributed by atoms with Gasteiger partial charge in [0.25, 0.3) is 0 Å². The van der Waals surface area contributed by atoms with Gasteiger partial charge in [-0.25, -0.2) is 0 Å². The molecule has 1 fully saturated rings. The Balaban J connectivity index is 2.13. The van der Waals surface area contributed by atoms with E-state index in [4.69, 9.17) is 5.73 Å². The van der Waals surface area contributed by atoms with E-state index in [0.717, 1.165) is 12.6 Å². The molecular formula is C15H23BrN2. The summed E-state index contributed by atoms with van der Waals surface area (Å²) >= 11 is 3.67. The van der Waals surface area contributed by atoms with Crippen molar-refractivity contribution < 1.29 is 0 Å². The third kappa shape index (κ3) is 2.95. The highest BCUT2D eigenvalue weighted by molar-refractivity contribution is 9.10. The first-order valence-electron chi connectivity index (χ1n) is 6.88. The summed E-state index contributed by atoms with van der Waals surface area (Å²) in [6, 6.07) is 7.96. The van der Waals surface area contributed by atoms with Crippen LogP contribution in [0.3, 0.4) is 0 Å². The van der Waals surface area contributed by atoms with Gasteiger partial charge in [0.05, 0.1) is 0 Å². The minimum atomic E-state index is 0.608. The van der Waals surface area contributed by atoms with Gasteiger partial charge in [0.15, 0.2) is 0 Å². The Morgan fingerprint density at radius 1 is 1.39 bits per heavy atom. The van der Waals surface area contributed by atoms with E-state index in [0.29, 0.717) is 12.6 Å². The molecule has 1 aromatic carbocycles. The standard InChI is InChI=1S/C15H23BrN2/c1-3-14-7-4-11(2)18(14)10-13-6-5-12(9-17)8-15(13)16/h5-6,8,11,14H,3-4,7,9-10,17H2,1-2H3. The average Bonchev–Trinajstić information content (AvgIpc) is 2.73. The zero-order valence-electron chi connectivity index (χ0n) is 11.3. The summed E-state index contributed by atoms with van der Waals surface area (Å²) in [4.78, 5) is 2.64. The average molecular weight is 311 g/mol. The van der Waals surface area contributed by atoms with E-state index < -0.39 is 0 Å². The molecular weight excluding hydrogens is 288 g/mol. The van der Waals surface area contributed by atoms with Gasteiger partial charge >= 0.3 is 0 Å². The lowest BCUT2D eigenvalue weighted by atomic mass is 10.1. The SMILES string of the molecule is CCC1CCC(C)N1Cc1ccc(CN)cc1Br. The maximum atomic E-state index is 5.67. The molecule has 18 heavy (non-hydrogen) atoms. The third-order valence-corrected chi connectivity index (χ3v) is 4.87. The molecule has 1 aliphatic heterocycles. The zero-order chi connectivity index (χ0) is 13.1. The van der Waals surface area contributed by atoms with Crippen LogP contribution in [0.5, 0.6) is 0 Å². The van der Waals surface area contributed by atoms with Gasteiger partial charge in [0.2, 0.25) is 0 Å². The summed E-state index contributed by atoms with van der Waals surface area (Å²) in [6.07, 6.45) is 3.93. The highest BCUT2D eigenvalue weighted by Crippen LogP contribution is 2.30. The third-order valence-electron chi connectivity index (χ3n) is 4.13. The molecule has 2 nitrogen and oxygen atoms in total. The van der Waals surface area contributed by atoms with E-state index >= 15 is 0 Å². The highest BCUT2D eigenvalue weighted by atomic mass is 79.9. The molecule has 0 spiro atoms. The first-order valence-corrected chi connectivity index (χ1v) is 7.68. The van der Waals surface area contributed by atoms with Crippen molar-refractivity contribution in [1.82, 2.24) is 4.90 Å². The summed E-state index contributed by atoms with van der Waals surface area (Å²) in [5, 5.41) is 0. The second kappa shape index (κ2) is 6.18. The summed E-state index contributed by atoms with van der Waals surface area (Å²) < 4.78 is 1.19. The summed E-state index contributed by atoms with van der Waals surface area (Å²) in [7, 11) is 0. The molecule has 2 N–H and O–H groups in total. The van der Waals surface area contributed by atoms with Crippen LogP contribution >= 0.6 is 15.9 Å². The van der Waals surface area contributed by atoms with Gasteiger partial charge in [0, 0.05) is 29.6 Å². The number of benzene rings is 1. The Morgan fingerprint density at radius 3 is 2.78 bits per heavy atom. The number of nitrogens with two attached hydrogens (primary N) is 1. The number of hydrogen-bond acceptors (Lipinski definition) is 2. The van der Waals surface area contributed by atoms with E-state index in [2.05, 4.69) is 52.9 Å². The molecule has 0 radical (unpaired) electrons. The molecule has 1 heterocycles. The number of nitrogens with zero attached hydrogens (tertiary/aromatic N) is 1. The van der Waals surface area contributed by atoms with Crippen LogP contribution in [0.4, 0.5) is 0 Å². The van der Waals surface area contributed by atoms with Gasteiger partial charge in [-0.15, -0.1) is 0 Å². The van der Waals surface area contributed by atoms with E-state index in [1.54, 1.807) is 0 Å². The van der Waals surface area contributed by atoms with Crippen molar-refractivity contribution >= 4 is 15.9 Å². The maximum absolute atomic E-state index is 5.67. The van der Waals surface area contributed by atoms with Crippen molar-refractivity contribution in [1.29, 1.82) is 0 Å². The predicted molar refractivity (Wildman–Crippen MR) is 80.4 cm³/mol. The Morgan fingerprint density at radius 2 is 2.17 bits per heavy atom. The molecule has 1 aliphatic rings. The normalized spacial score (nSPS) is 24.7. The van der Waals surface area contributed by atoms with Crippen LogP contribution in [0.15, 0.2) is 22.7 Å². The summed E-state index contributed by atoms with van der Waals surface area (Å²) in [5.41, 5.74) is 8.23. The quantitative estimate of drug-likeness (QED) is 0.919. The maximum Gasteiger partial charge on any atom is 0.0250 e. The highest BCUT2D eigenvalue weighted by Gasteiger charge is 2.29. The first kappa shape index (κ1) is 14.0. The molecule has 0 aliphatic carbocycles. The monoisotopic (exact) mass is 310 g/mol. The fourth-order valence-electron chi connectivity index (χ4n) is 2.89. The fourth-order valence-corrected chi connectivity index (χ4v) is 3.44. The van der Waals surface area contributed by atoms with Crippen molar-refractivity contribution in [2.45, 2.75) is 58.3 Å². The topological polar surface area (TPSA) is 29.3 Å². The van der Waals surface area contributed by atoms with Crippen LogP contribution in [0.25, 0.3) is 0 Å². The van der Waals surface area contributed by atoms with Gasteiger partial charge in [-0.2, -0.15) is 0 Å².